The van der Waals surface area contributed by atoms with Gasteiger partial charge < -0.3 is 15.5 Å². The molecule has 34 heavy (non-hydrogen) atoms. The molecule has 0 fully saturated rings. The molecule has 0 radical (unpaired) electrons. The van der Waals surface area contributed by atoms with E-state index in [1.165, 1.54) is 24.4 Å². The number of anilines is 1. The number of nitrogens with zero attached hydrogens (tertiary/aromatic N) is 5. The molecular formula is C18H16N6Na2O6S2. The smallest absolute Gasteiger partial charge is 0.744 e. The van der Waals surface area contributed by atoms with Gasteiger partial charge in [-0.3, -0.25) is 10.0 Å². The molecule has 3 aromatic rings. The fourth-order valence-corrected chi connectivity index (χ4v) is 3.59. The van der Waals surface area contributed by atoms with Crippen molar-refractivity contribution in [2.24, 2.45) is 10.2 Å². The molecule has 0 aliphatic rings. The Morgan fingerprint density at radius 1 is 1.21 bits per heavy atom. The maximum atomic E-state index is 11.6. The molecular weight excluding hydrogens is 506 g/mol. The molecule has 0 unspecified atom stereocenters. The van der Waals surface area contributed by atoms with Crippen LogP contribution < -0.4 is 70.1 Å². The van der Waals surface area contributed by atoms with Crippen LogP contribution in [0.15, 0.2) is 45.6 Å². The molecule has 1 aromatic carbocycles. The van der Waals surface area contributed by atoms with Crippen molar-refractivity contribution < 1.29 is 86.7 Å². The summed E-state index contributed by atoms with van der Waals surface area (Å²) in [5.74, 6) is 0.0748. The summed E-state index contributed by atoms with van der Waals surface area (Å²) in [6.45, 7) is 5.67. The number of azo groups is 1. The van der Waals surface area contributed by atoms with Gasteiger partial charge in [-0.25, -0.2) is 8.42 Å². The first-order chi connectivity index (χ1) is 15.0. The van der Waals surface area contributed by atoms with Crippen LogP contribution in [0.4, 0.5) is 17.2 Å². The van der Waals surface area contributed by atoms with Crippen LogP contribution in [0.25, 0.3) is 10.9 Å². The summed E-state index contributed by atoms with van der Waals surface area (Å²) in [5.41, 5.74) is 6.78. The van der Waals surface area contributed by atoms with E-state index < -0.39 is 20.4 Å². The van der Waals surface area contributed by atoms with Crippen molar-refractivity contribution in [1.29, 1.82) is 0 Å². The minimum Gasteiger partial charge on any atom is -0.744 e. The van der Waals surface area contributed by atoms with E-state index >= 15 is 0 Å². The molecule has 0 spiro atoms. The minimum absolute atomic E-state index is 0. The monoisotopic (exact) mass is 522 g/mol. The first-order valence-electron chi connectivity index (χ1n) is 8.81. The Morgan fingerprint density at radius 2 is 1.91 bits per heavy atom. The molecule has 0 aliphatic carbocycles. The number of nitrogen functional groups attached to an aromatic ring is 1. The van der Waals surface area contributed by atoms with Crippen LogP contribution in [-0.4, -0.2) is 27.7 Å². The molecule has 0 saturated heterocycles. The van der Waals surface area contributed by atoms with Gasteiger partial charge in [0.2, 0.25) is 0 Å². The summed E-state index contributed by atoms with van der Waals surface area (Å²) in [6.07, 6.45) is 1.44. The summed E-state index contributed by atoms with van der Waals surface area (Å²) in [6, 6.07) is 8.02. The third kappa shape index (κ3) is 7.23. The number of benzene rings is 1. The van der Waals surface area contributed by atoms with E-state index in [-0.39, 0.29) is 87.2 Å². The Labute approximate surface area is 244 Å². The Kier molecular flexibility index (Phi) is 11.6. The molecule has 0 bridgehead atoms. The zero-order valence-electron chi connectivity index (χ0n) is 19.0. The number of fused-ring (bicyclic) bond motifs is 1. The van der Waals surface area contributed by atoms with Crippen LogP contribution in [0, 0.1) is 11.3 Å². The van der Waals surface area contributed by atoms with Gasteiger partial charge in [0, 0.05) is 22.3 Å². The average molecular weight is 522 g/mol. The van der Waals surface area contributed by atoms with Crippen molar-refractivity contribution >= 4 is 50.3 Å². The predicted molar refractivity (Wildman–Crippen MR) is 112 cm³/mol. The molecule has 3 rings (SSSR count). The molecule has 12 nitrogen and oxygen atoms in total. The second kappa shape index (κ2) is 12.8. The second-order valence-corrected chi connectivity index (χ2v) is 9.17. The fourth-order valence-electron chi connectivity index (χ4n) is 2.74. The average Bonchev–Trinajstić information content (AvgIpc) is 3.04. The summed E-state index contributed by atoms with van der Waals surface area (Å²) in [4.78, 5) is 3.74. The number of hydrogen-bond acceptors (Lipinski definition) is 12. The van der Waals surface area contributed by atoms with Gasteiger partial charge in [-0.2, -0.15) is 14.1 Å². The Morgan fingerprint density at radius 3 is 2.53 bits per heavy atom. The topological polar surface area (TPSA) is 180 Å². The van der Waals surface area contributed by atoms with Gasteiger partial charge >= 0.3 is 59.1 Å². The summed E-state index contributed by atoms with van der Waals surface area (Å²) in [7, 11) is -4.71. The minimum atomic E-state index is -4.71. The van der Waals surface area contributed by atoms with Crippen molar-refractivity contribution in [1.82, 2.24) is 14.8 Å². The van der Waals surface area contributed by atoms with E-state index in [9.17, 15) is 18.2 Å². The SMILES string of the molecule is CC(C)(C)c1nn(C#CSOO[O-])c(N)c1N=Nc1ccc(S(=O)(=O)[O-])c2cccnc12.[Na+].[Na+]. The quantitative estimate of drug-likeness (QED) is 0.0512. The summed E-state index contributed by atoms with van der Waals surface area (Å²) in [5, 5.41) is 28.3. The van der Waals surface area contributed by atoms with E-state index in [0.29, 0.717) is 17.7 Å². The van der Waals surface area contributed by atoms with E-state index in [4.69, 9.17) is 5.73 Å². The molecule has 0 atom stereocenters. The van der Waals surface area contributed by atoms with E-state index in [0.717, 1.165) is 10.7 Å². The van der Waals surface area contributed by atoms with Crippen LogP contribution in [0.2, 0.25) is 0 Å². The third-order valence-electron chi connectivity index (χ3n) is 4.10. The zero-order valence-corrected chi connectivity index (χ0v) is 24.6. The standard InChI is InChI=1S/C18H18N6O6S2.2Na/c1-18(2,3)16-15(17(19)24(23-16)9-10-31-30-29-25)22-21-12-6-7-13(32(26,27)28)11-5-4-8-20-14(11)12;;/h4-8,25H,19H2,1-3H3,(H,26,27,28);;/q;2*+1/p-2. The molecule has 0 aliphatic heterocycles. The first-order valence-corrected chi connectivity index (χ1v) is 11.0. The predicted octanol–water partition coefficient (Wildman–Crippen LogP) is -3.72. The molecule has 0 saturated carbocycles. The van der Waals surface area contributed by atoms with Gasteiger partial charge in [-0.05, 0) is 24.3 Å². The largest absolute Gasteiger partial charge is 1.00 e. The van der Waals surface area contributed by atoms with E-state index in [1.807, 2.05) is 20.8 Å². The van der Waals surface area contributed by atoms with Crippen LogP contribution in [0.1, 0.15) is 26.5 Å². The van der Waals surface area contributed by atoms with Crippen molar-refractivity contribution in [2.45, 2.75) is 31.1 Å². The van der Waals surface area contributed by atoms with Gasteiger partial charge in [0.05, 0.1) is 22.2 Å². The van der Waals surface area contributed by atoms with E-state index in [2.05, 4.69) is 41.0 Å². The molecule has 2 aromatic heterocycles. The Bertz CT molecular complexity index is 1360. The molecule has 16 heteroatoms. The summed E-state index contributed by atoms with van der Waals surface area (Å²) < 4.78 is 39.9. The van der Waals surface area contributed by atoms with Gasteiger partial charge in [-0.1, -0.05) is 20.8 Å². The van der Waals surface area contributed by atoms with E-state index in [1.54, 1.807) is 0 Å². The molecule has 2 N–H and O–H groups in total. The Balaban J connectivity index is 0.00000289. The molecule has 0 amide bonds. The molecule has 168 valence electrons. The van der Waals surface area contributed by atoms with Crippen molar-refractivity contribution in [2.75, 3.05) is 5.73 Å². The van der Waals surface area contributed by atoms with Crippen LogP contribution >= 0.6 is 12.0 Å². The van der Waals surface area contributed by atoms with Gasteiger partial charge in [0.15, 0.2) is 11.5 Å². The van der Waals surface area contributed by atoms with Crippen molar-refractivity contribution in [3.8, 4) is 11.3 Å². The fraction of sp³-hybridized carbons (Fsp3) is 0.222. The van der Waals surface area contributed by atoms with Gasteiger partial charge in [-0.15, -0.1) is 10.2 Å². The van der Waals surface area contributed by atoms with Gasteiger partial charge in [0.25, 0.3) is 0 Å². The number of nitrogens with two attached hydrogens (primary N) is 1. The van der Waals surface area contributed by atoms with Crippen LogP contribution in [0.3, 0.4) is 0 Å². The third-order valence-corrected chi connectivity index (χ3v) is 5.29. The van der Waals surface area contributed by atoms with Gasteiger partial charge in [0.1, 0.15) is 27.8 Å². The molecule has 2 heterocycles. The van der Waals surface area contributed by atoms with Crippen LogP contribution in [-0.2, 0) is 24.9 Å². The summed E-state index contributed by atoms with van der Waals surface area (Å²) >= 11 is 0.445. The number of rotatable bonds is 5. The number of pyridine rings is 1. The normalized spacial score (nSPS) is 11.6. The number of aromatic nitrogens is 3. The first kappa shape index (κ1) is 31.0. The van der Waals surface area contributed by atoms with Crippen molar-refractivity contribution in [3.05, 3.63) is 36.2 Å². The zero-order chi connectivity index (χ0) is 23.5. The van der Waals surface area contributed by atoms with Crippen LogP contribution in [0.5, 0.6) is 0 Å². The maximum absolute atomic E-state index is 11.6. The second-order valence-electron chi connectivity index (χ2n) is 7.31. The Hall–Kier alpha value is -1.06. The number of hydrogen-bond donors (Lipinski definition) is 1. The van der Waals surface area contributed by atoms with Crippen molar-refractivity contribution in [3.63, 3.8) is 0 Å². The maximum Gasteiger partial charge on any atom is 1.00 e.